The maximum atomic E-state index is 9.55. The molecule has 0 fully saturated rings. The fraction of sp³-hybridized carbons (Fsp3) is 0.667. The highest BCUT2D eigenvalue weighted by molar-refractivity contribution is 5.89. The topological polar surface area (TPSA) is 110 Å². The van der Waals surface area contributed by atoms with Gasteiger partial charge in [0.05, 0.1) is 0 Å². The number of carboxylic acid groups (broad SMARTS) is 2. The van der Waals surface area contributed by atoms with Crippen LogP contribution in [0.1, 0.15) is 0 Å². The Hall–Kier alpha value is -1.48. The van der Waals surface area contributed by atoms with Crippen molar-refractivity contribution in [2.24, 2.45) is 5.84 Å². The van der Waals surface area contributed by atoms with Gasteiger partial charge in [-0.2, -0.15) is 0 Å². The van der Waals surface area contributed by atoms with Crippen LogP contribution in [-0.2, 0) is 9.59 Å². The van der Waals surface area contributed by atoms with Crippen LogP contribution < -0.4 is 5.84 Å². The summed E-state index contributed by atoms with van der Waals surface area (Å²) in [6.45, 7) is 3.90. The molecule has 0 bridgehead atoms. The minimum absolute atomic E-state index is 0.558. The first-order chi connectivity index (χ1) is 9.15. The molecule has 0 saturated carbocycles. The molecule has 0 aliphatic heterocycles. The van der Waals surface area contributed by atoms with Gasteiger partial charge in [-0.1, -0.05) is 0 Å². The molecule has 0 aromatic rings. The van der Waals surface area contributed by atoms with Gasteiger partial charge in [0, 0.05) is 38.3 Å². The third kappa shape index (κ3) is 21.8. The number of hydrogen-bond donors (Lipinski definition) is 3. The van der Waals surface area contributed by atoms with E-state index < -0.39 is 11.9 Å². The summed E-state index contributed by atoms with van der Waals surface area (Å²) in [4.78, 5) is 23.4. The fourth-order valence-electron chi connectivity index (χ4n) is 0.911. The van der Waals surface area contributed by atoms with Crippen molar-refractivity contribution in [2.75, 3.05) is 54.4 Å². The molecular weight excluding hydrogens is 264 g/mol. The summed E-state index contributed by atoms with van der Waals surface area (Å²) in [6.07, 6.45) is 1.12. The van der Waals surface area contributed by atoms with Gasteiger partial charge >= 0.3 is 11.9 Å². The first-order valence-electron chi connectivity index (χ1n) is 6.08. The van der Waals surface area contributed by atoms with Gasteiger partial charge in [-0.15, -0.1) is 0 Å². The van der Waals surface area contributed by atoms with E-state index in [1.807, 2.05) is 5.01 Å². The van der Waals surface area contributed by atoms with Gasteiger partial charge in [-0.25, -0.2) is 14.6 Å². The lowest BCUT2D eigenvalue weighted by molar-refractivity contribution is -0.134. The number of carboxylic acids is 2. The van der Waals surface area contributed by atoms with Gasteiger partial charge in [-0.05, 0) is 28.2 Å². The number of rotatable bonds is 8. The second-order valence-electron chi connectivity index (χ2n) is 4.65. The van der Waals surface area contributed by atoms with Crippen LogP contribution in [0, 0.1) is 0 Å². The summed E-state index contributed by atoms with van der Waals surface area (Å²) in [5.41, 5.74) is 0. The zero-order chi connectivity index (χ0) is 16.1. The zero-order valence-corrected chi connectivity index (χ0v) is 12.6. The first-order valence-corrected chi connectivity index (χ1v) is 6.08. The molecule has 0 rings (SSSR count). The summed E-state index contributed by atoms with van der Waals surface area (Å²) in [7, 11) is 8.22. The number of likely N-dealkylation sites (N-methyl/N-ethyl adjacent to an activating group) is 2. The summed E-state index contributed by atoms with van der Waals surface area (Å²) in [5.74, 6) is 3.24. The maximum absolute atomic E-state index is 9.55. The molecule has 0 heterocycles. The van der Waals surface area contributed by atoms with Gasteiger partial charge < -0.3 is 20.0 Å². The Morgan fingerprint density at radius 3 is 1.35 bits per heavy atom. The van der Waals surface area contributed by atoms with Crippen LogP contribution in [0.25, 0.3) is 0 Å². The van der Waals surface area contributed by atoms with E-state index in [4.69, 9.17) is 16.1 Å². The third-order valence-corrected chi connectivity index (χ3v) is 2.04. The molecule has 20 heavy (non-hydrogen) atoms. The van der Waals surface area contributed by atoms with Crippen molar-refractivity contribution in [2.45, 2.75) is 0 Å². The van der Waals surface area contributed by atoms with Crippen LogP contribution in [0.15, 0.2) is 12.2 Å². The lowest BCUT2D eigenvalue weighted by Gasteiger charge is -2.20. The van der Waals surface area contributed by atoms with Crippen molar-refractivity contribution in [3.63, 3.8) is 0 Å². The Morgan fingerprint density at radius 1 is 0.850 bits per heavy atom. The van der Waals surface area contributed by atoms with E-state index in [2.05, 4.69) is 38.0 Å². The molecular formula is C12H26N4O4. The number of carbonyl (C=O) groups is 2. The smallest absolute Gasteiger partial charge is 0.328 e. The van der Waals surface area contributed by atoms with Crippen molar-refractivity contribution in [1.82, 2.24) is 14.8 Å². The molecule has 0 saturated heterocycles. The molecule has 118 valence electrons. The molecule has 8 heteroatoms. The third-order valence-electron chi connectivity index (χ3n) is 2.04. The minimum Gasteiger partial charge on any atom is -0.478 e. The number of hydrazine groups is 1. The van der Waals surface area contributed by atoms with E-state index in [0.29, 0.717) is 12.2 Å². The van der Waals surface area contributed by atoms with Gasteiger partial charge in [0.1, 0.15) is 0 Å². The second-order valence-corrected chi connectivity index (χ2v) is 4.65. The number of hydrogen-bond acceptors (Lipinski definition) is 6. The van der Waals surface area contributed by atoms with Crippen molar-refractivity contribution >= 4 is 11.9 Å². The van der Waals surface area contributed by atoms with E-state index in [-0.39, 0.29) is 0 Å². The molecule has 0 aromatic heterocycles. The quantitative estimate of drug-likeness (QED) is 0.296. The van der Waals surface area contributed by atoms with E-state index >= 15 is 0 Å². The van der Waals surface area contributed by atoms with Crippen molar-refractivity contribution in [3.05, 3.63) is 12.2 Å². The van der Waals surface area contributed by atoms with Gasteiger partial charge in [0.25, 0.3) is 0 Å². The molecule has 0 aromatic carbocycles. The van der Waals surface area contributed by atoms with Crippen LogP contribution in [0.5, 0.6) is 0 Å². The van der Waals surface area contributed by atoms with Gasteiger partial charge in [-0.3, -0.25) is 5.84 Å². The second kappa shape index (κ2) is 12.5. The van der Waals surface area contributed by atoms with Crippen LogP contribution in [0.4, 0.5) is 0 Å². The monoisotopic (exact) mass is 290 g/mol. The maximum Gasteiger partial charge on any atom is 0.328 e. The van der Waals surface area contributed by atoms with Gasteiger partial charge in [0.2, 0.25) is 0 Å². The molecule has 4 N–H and O–H groups in total. The number of nitrogens with zero attached hydrogens (tertiary/aromatic N) is 3. The van der Waals surface area contributed by atoms with Crippen LogP contribution >= 0.6 is 0 Å². The van der Waals surface area contributed by atoms with E-state index in [1.54, 1.807) is 0 Å². The highest BCUT2D eigenvalue weighted by Gasteiger charge is 1.99. The van der Waals surface area contributed by atoms with Crippen molar-refractivity contribution in [3.8, 4) is 0 Å². The Kier molecular flexibility index (Phi) is 13.1. The van der Waals surface area contributed by atoms with E-state index in [0.717, 1.165) is 26.2 Å². The average molecular weight is 290 g/mol. The number of aliphatic carboxylic acids is 2. The number of nitrogens with two attached hydrogens (primary N) is 1. The van der Waals surface area contributed by atoms with Crippen LogP contribution in [-0.4, -0.2) is 91.3 Å². The standard InChI is InChI=1S/C8H22N4.C4H4O4/c1-10(2)5-7-12(9)8-6-11(3)4;5-3(6)1-2-4(7)8/h5-9H2,1-4H3;1-2H,(H,5,6)(H,7,8)/b;2-1+. The van der Waals surface area contributed by atoms with Crippen molar-refractivity contribution < 1.29 is 19.8 Å². The van der Waals surface area contributed by atoms with Crippen LogP contribution in [0.3, 0.4) is 0 Å². The predicted octanol–water partition coefficient (Wildman–Crippen LogP) is -1.00. The van der Waals surface area contributed by atoms with Crippen molar-refractivity contribution in [1.29, 1.82) is 0 Å². The Balaban J connectivity index is 0. The Labute approximate surface area is 120 Å². The summed E-state index contributed by atoms with van der Waals surface area (Å²) in [6, 6.07) is 0. The molecule has 0 unspecified atom stereocenters. The van der Waals surface area contributed by atoms with E-state index in [1.165, 1.54) is 0 Å². The normalized spacial score (nSPS) is 11.0. The highest BCUT2D eigenvalue weighted by Crippen LogP contribution is 1.82. The highest BCUT2D eigenvalue weighted by atomic mass is 16.4. The zero-order valence-electron chi connectivity index (χ0n) is 12.6. The molecule has 8 nitrogen and oxygen atoms in total. The summed E-state index contributed by atoms with van der Waals surface area (Å²) in [5, 5.41) is 17.5. The molecule has 0 spiro atoms. The minimum atomic E-state index is -1.26. The van der Waals surface area contributed by atoms with Gasteiger partial charge in [0.15, 0.2) is 0 Å². The summed E-state index contributed by atoms with van der Waals surface area (Å²) >= 11 is 0. The molecule has 0 aliphatic carbocycles. The van der Waals surface area contributed by atoms with E-state index in [9.17, 15) is 9.59 Å². The lowest BCUT2D eigenvalue weighted by atomic mass is 10.5. The summed E-state index contributed by atoms with van der Waals surface area (Å²) < 4.78 is 0. The molecule has 0 radical (unpaired) electrons. The molecule has 0 aliphatic rings. The predicted molar refractivity (Wildman–Crippen MR) is 77.3 cm³/mol. The largest absolute Gasteiger partial charge is 0.478 e. The van der Waals surface area contributed by atoms with Crippen LogP contribution in [0.2, 0.25) is 0 Å². The first kappa shape index (κ1) is 20.8. The Bertz CT molecular complexity index is 278. The molecule has 0 amide bonds. The fourth-order valence-corrected chi connectivity index (χ4v) is 0.911. The SMILES string of the molecule is CN(C)CCN(N)CCN(C)C.O=C(O)/C=C/C(=O)O. The average Bonchev–Trinajstić information content (AvgIpc) is 2.32. The molecule has 0 atom stereocenters. The lowest BCUT2D eigenvalue weighted by Crippen LogP contribution is -2.40. The Morgan fingerprint density at radius 2 is 1.15 bits per heavy atom.